The molecule has 0 aliphatic rings. The predicted octanol–water partition coefficient (Wildman–Crippen LogP) is 2.65. The standard InChI is InChI=1S/C15H26N2O2/c1-11(2)19-15-8-6-5-7-13(15)14(17-16)9-12(3)10-18-4/h5-8,11-12,14,17H,9-10,16H2,1-4H3. The Bertz CT molecular complexity index is 369. The van der Waals surface area contributed by atoms with Gasteiger partial charge >= 0.3 is 0 Å². The van der Waals surface area contributed by atoms with E-state index in [0.29, 0.717) is 5.92 Å². The molecule has 0 aromatic heterocycles. The molecule has 1 aromatic rings. The summed E-state index contributed by atoms with van der Waals surface area (Å²) in [6.07, 6.45) is 1.05. The Balaban J connectivity index is 2.85. The number of rotatable bonds is 8. The maximum Gasteiger partial charge on any atom is 0.124 e. The lowest BCUT2D eigenvalue weighted by Crippen LogP contribution is -2.30. The number of hydrazine groups is 1. The molecule has 0 aliphatic heterocycles. The van der Waals surface area contributed by atoms with Crippen LogP contribution in [0.3, 0.4) is 0 Å². The maximum atomic E-state index is 5.84. The summed E-state index contributed by atoms with van der Waals surface area (Å²) in [5, 5.41) is 0. The van der Waals surface area contributed by atoms with Crippen LogP contribution in [0.5, 0.6) is 5.75 Å². The molecule has 0 saturated carbocycles. The van der Waals surface area contributed by atoms with Gasteiger partial charge in [0.1, 0.15) is 5.75 Å². The Labute approximate surface area is 116 Å². The molecule has 4 nitrogen and oxygen atoms in total. The average molecular weight is 266 g/mol. The average Bonchev–Trinajstić information content (AvgIpc) is 2.36. The van der Waals surface area contributed by atoms with Crippen LogP contribution in [0.1, 0.15) is 38.8 Å². The molecule has 0 heterocycles. The molecule has 0 bridgehead atoms. The van der Waals surface area contributed by atoms with Crippen LogP contribution in [0, 0.1) is 5.92 Å². The van der Waals surface area contributed by atoms with Crippen molar-refractivity contribution in [2.24, 2.45) is 11.8 Å². The third-order valence-corrected chi connectivity index (χ3v) is 2.95. The van der Waals surface area contributed by atoms with Gasteiger partial charge in [-0.2, -0.15) is 0 Å². The normalized spacial score (nSPS) is 14.4. The molecule has 2 atom stereocenters. The van der Waals surface area contributed by atoms with Crippen LogP contribution < -0.4 is 16.0 Å². The summed E-state index contributed by atoms with van der Waals surface area (Å²) in [5.41, 5.74) is 3.98. The van der Waals surface area contributed by atoms with E-state index in [-0.39, 0.29) is 12.1 Å². The van der Waals surface area contributed by atoms with E-state index in [1.54, 1.807) is 7.11 Å². The molecule has 0 aliphatic carbocycles. The molecular weight excluding hydrogens is 240 g/mol. The van der Waals surface area contributed by atoms with Crippen molar-refractivity contribution in [3.8, 4) is 5.75 Å². The first-order valence-corrected chi connectivity index (χ1v) is 6.79. The molecule has 2 unspecified atom stereocenters. The molecule has 0 fully saturated rings. The second-order valence-electron chi connectivity index (χ2n) is 5.22. The van der Waals surface area contributed by atoms with E-state index in [9.17, 15) is 0 Å². The highest BCUT2D eigenvalue weighted by molar-refractivity contribution is 5.36. The Morgan fingerprint density at radius 3 is 2.47 bits per heavy atom. The molecule has 0 amide bonds. The molecule has 3 N–H and O–H groups in total. The van der Waals surface area contributed by atoms with Gasteiger partial charge in [0.15, 0.2) is 0 Å². The zero-order valence-corrected chi connectivity index (χ0v) is 12.3. The van der Waals surface area contributed by atoms with E-state index >= 15 is 0 Å². The molecule has 0 radical (unpaired) electrons. The number of nitrogens with two attached hydrogens (primary N) is 1. The minimum absolute atomic E-state index is 0.0695. The largest absolute Gasteiger partial charge is 0.491 e. The lowest BCUT2D eigenvalue weighted by molar-refractivity contribution is 0.148. The first kappa shape index (κ1) is 16.0. The van der Waals surface area contributed by atoms with E-state index in [4.69, 9.17) is 15.3 Å². The van der Waals surface area contributed by atoms with Crippen LogP contribution in [0.25, 0.3) is 0 Å². The fourth-order valence-electron chi connectivity index (χ4n) is 2.17. The minimum Gasteiger partial charge on any atom is -0.491 e. The number of para-hydroxylation sites is 1. The van der Waals surface area contributed by atoms with Gasteiger partial charge in [-0.1, -0.05) is 25.1 Å². The van der Waals surface area contributed by atoms with Crippen LogP contribution >= 0.6 is 0 Å². The van der Waals surface area contributed by atoms with Crippen LogP contribution in [0.4, 0.5) is 0 Å². The summed E-state index contributed by atoms with van der Waals surface area (Å²) < 4.78 is 11.0. The molecule has 19 heavy (non-hydrogen) atoms. The van der Waals surface area contributed by atoms with Crippen LogP contribution in [-0.4, -0.2) is 19.8 Å². The lowest BCUT2D eigenvalue weighted by Gasteiger charge is -2.23. The van der Waals surface area contributed by atoms with Gasteiger partial charge in [-0.25, -0.2) is 0 Å². The summed E-state index contributed by atoms with van der Waals surface area (Å²) >= 11 is 0. The fourth-order valence-corrected chi connectivity index (χ4v) is 2.17. The Morgan fingerprint density at radius 2 is 1.89 bits per heavy atom. The van der Waals surface area contributed by atoms with Gasteiger partial charge in [-0.05, 0) is 32.3 Å². The number of ether oxygens (including phenoxy) is 2. The number of methoxy groups -OCH3 is 1. The number of nitrogens with one attached hydrogen (secondary N) is 1. The SMILES string of the molecule is COCC(C)CC(NN)c1ccccc1OC(C)C. The number of benzene rings is 1. The second-order valence-corrected chi connectivity index (χ2v) is 5.22. The van der Waals surface area contributed by atoms with Gasteiger partial charge in [0.05, 0.1) is 6.10 Å². The van der Waals surface area contributed by atoms with E-state index < -0.39 is 0 Å². The van der Waals surface area contributed by atoms with Gasteiger partial charge in [-0.15, -0.1) is 0 Å². The van der Waals surface area contributed by atoms with Crippen molar-refractivity contribution in [2.75, 3.05) is 13.7 Å². The summed E-state index contributed by atoms with van der Waals surface area (Å²) in [6.45, 7) is 6.93. The van der Waals surface area contributed by atoms with Gasteiger partial charge in [0.25, 0.3) is 0 Å². The fraction of sp³-hybridized carbons (Fsp3) is 0.600. The van der Waals surface area contributed by atoms with Crippen molar-refractivity contribution in [1.29, 1.82) is 0 Å². The van der Waals surface area contributed by atoms with Crippen molar-refractivity contribution in [3.63, 3.8) is 0 Å². The summed E-state index contributed by atoms with van der Waals surface area (Å²) in [7, 11) is 1.72. The summed E-state index contributed by atoms with van der Waals surface area (Å²) in [4.78, 5) is 0. The molecule has 0 saturated heterocycles. The Morgan fingerprint density at radius 1 is 1.21 bits per heavy atom. The van der Waals surface area contributed by atoms with E-state index in [1.807, 2.05) is 32.0 Å². The van der Waals surface area contributed by atoms with Gasteiger partial charge < -0.3 is 9.47 Å². The minimum atomic E-state index is 0.0695. The monoisotopic (exact) mass is 266 g/mol. The third-order valence-electron chi connectivity index (χ3n) is 2.95. The molecular formula is C15H26N2O2. The van der Waals surface area contributed by atoms with E-state index in [0.717, 1.165) is 24.3 Å². The van der Waals surface area contributed by atoms with Crippen molar-refractivity contribution in [3.05, 3.63) is 29.8 Å². The summed E-state index contributed by atoms with van der Waals surface area (Å²) in [5.74, 6) is 7.03. The Kier molecular flexibility index (Phi) is 6.84. The molecule has 1 aromatic carbocycles. The quantitative estimate of drug-likeness (QED) is 0.561. The topological polar surface area (TPSA) is 56.5 Å². The van der Waals surface area contributed by atoms with Crippen LogP contribution in [0.2, 0.25) is 0 Å². The predicted molar refractivity (Wildman–Crippen MR) is 77.9 cm³/mol. The van der Waals surface area contributed by atoms with Gasteiger partial charge in [0.2, 0.25) is 0 Å². The molecule has 108 valence electrons. The van der Waals surface area contributed by atoms with Crippen LogP contribution in [0.15, 0.2) is 24.3 Å². The van der Waals surface area contributed by atoms with Crippen molar-refractivity contribution >= 4 is 0 Å². The lowest BCUT2D eigenvalue weighted by atomic mass is 9.96. The smallest absolute Gasteiger partial charge is 0.124 e. The zero-order valence-electron chi connectivity index (χ0n) is 12.3. The molecule has 4 heteroatoms. The first-order chi connectivity index (χ1) is 9.08. The highest BCUT2D eigenvalue weighted by atomic mass is 16.5. The van der Waals surface area contributed by atoms with Crippen LogP contribution in [-0.2, 0) is 4.74 Å². The highest BCUT2D eigenvalue weighted by Crippen LogP contribution is 2.29. The van der Waals surface area contributed by atoms with E-state index in [2.05, 4.69) is 18.4 Å². The third kappa shape index (κ3) is 5.19. The highest BCUT2D eigenvalue weighted by Gasteiger charge is 2.18. The van der Waals surface area contributed by atoms with E-state index in [1.165, 1.54) is 0 Å². The second kappa shape index (κ2) is 8.15. The van der Waals surface area contributed by atoms with Crippen molar-refractivity contribution in [1.82, 2.24) is 5.43 Å². The summed E-state index contributed by atoms with van der Waals surface area (Å²) in [6, 6.07) is 8.10. The zero-order chi connectivity index (χ0) is 14.3. The first-order valence-electron chi connectivity index (χ1n) is 6.79. The van der Waals surface area contributed by atoms with Gasteiger partial charge in [-0.3, -0.25) is 11.3 Å². The van der Waals surface area contributed by atoms with Crippen molar-refractivity contribution < 1.29 is 9.47 Å². The van der Waals surface area contributed by atoms with Gasteiger partial charge in [0, 0.05) is 25.3 Å². The number of hydrogen-bond acceptors (Lipinski definition) is 4. The van der Waals surface area contributed by atoms with Crippen molar-refractivity contribution in [2.45, 2.75) is 39.3 Å². The maximum absolute atomic E-state index is 5.84. The molecule has 0 spiro atoms. The molecule has 1 rings (SSSR count). The number of hydrogen-bond donors (Lipinski definition) is 2. The Hall–Kier alpha value is -1.10.